The maximum atomic E-state index is 12.2. The summed E-state index contributed by atoms with van der Waals surface area (Å²) >= 11 is 0. The van der Waals surface area contributed by atoms with Crippen LogP contribution >= 0.6 is 0 Å². The third-order valence-corrected chi connectivity index (χ3v) is 3.80. The molecular weight excluding hydrogens is 334 g/mol. The second-order valence-electron chi connectivity index (χ2n) is 5.72. The third-order valence-electron chi connectivity index (χ3n) is 3.80. The largest absolute Gasteiger partial charge is 0.493 e. The van der Waals surface area contributed by atoms with Gasteiger partial charge in [0.15, 0.2) is 11.5 Å². The number of carbonyl (C=O) groups is 2. The lowest BCUT2D eigenvalue weighted by molar-refractivity contribution is -0.145. The minimum Gasteiger partial charge on any atom is -0.493 e. The van der Waals surface area contributed by atoms with E-state index >= 15 is 0 Å². The molecule has 6 heteroatoms. The zero-order chi connectivity index (χ0) is 18.9. The van der Waals surface area contributed by atoms with Crippen molar-refractivity contribution in [2.45, 2.75) is 26.0 Å². The second-order valence-corrected chi connectivity index (χ2v) is 5.72. The molecule has 0 aliphatic rings. The first-order chi connectivity index (χ1) is 12.5. The Labute approximate surface area is 153 Å². The van der Waals surface area contributed by atoms with Crippen molar-refractivity contribution < 1.29 is 23.8 Å². The molecule has 2 aromatic rings. The van der Waals surface area contributed by atoms with Gasteiger partial charge in [0, 0.05) is 6.92 Å². The Bertz CT molecular complexity index is 745. The predicted octanol–water partition coefficient (Wildman–Crippen LogP) is 3.01. The summed E-state index contributed by atoms with van der Waals surface area (Å²) in [6, 6.07) is 14.2. The summed E-state index contributed by atoms with van der Waals surface area (Å²) in [5.74, 6) is 0.577. The van der Waals surface area contributed by atoms with E-state index in [-0.39, 0.29) is 18.9 Å². The molecule has 138 valence electrons. The van der Waals surface area contributed by atoms with Crippen LogP contribution in [0.15, 0.2) is 48.5 Å². The lowest BCUT2D eigenvalue weighted by Crippen LogP contribution is -2.28. The summed E-state index contributed by atoms with van der Waals surface area (Å²) in [5.41, 5.74) is 1.64. The maximum Gasteiger partial charge on any atom is 0.308 e. The molecule has 0 spiro atoms. The lowest BCUT2D eigenvalue weighted by atomic mass is 10.0. The monoisotopic (exact) mass is 357 g/mol. The molecule has 0 heterocycles. The van der Waals surface area contributed by atoms with Crippen molar-refractivity contribution in [2.75, 3.05) is 14.2 Å². The average Bonchev–Trinajstić information content (AvgIpc) is 2.66. The van der Waals surface area contributed by atoms with Crippen LogP contribution in [0.25, 0.3) is 0 Å². The minimum atomic E-state index is -0.424. The molecule has 0 aromatic heterocycles. The highest BCUT2D eigenvalue weighted by atomic mass is 16.5. The van der Waals surface area contributed by atoms with Gasteiger partial charge in [-0.15, -0.1) is 0 Å². The number of carbonyl (C=O) groups excluding carboxylic acids is 2. The van der Waals surface area contributed by atoms with E-state index in [1.54, 1.807) is 32.4 Å². The molecule has 0 aliphatic carbocycles. The molecule has 1 N–H and O–H groups in total. The SMILES string of the molecule is COc1ccc(COC(=O)C[C@@H](NC(C)=O)c2ccccc2)cc1OC. The van der Waals surface area contributed by atoms with E-state index in [1.807, 2.05) is 30.3 Å². The van der Waals surface area contributed by atoms with Crippen molar-refractivity contribution >= 4 is 11.9 Å². The standard InChI is InChI=1S/C20H23NO5/c1-14(22)21-17(16-7-5-4-6-8-16)12-20(23)26-13-15-9-10-18(24-2)19(11-15)25-3/h4-11,17H,12-13H2,1-3H3,(H,21,22)/t17-/m1/s1. The molecule has 0 fully saturated rings. The molecule has 1 atom stereocenters. The number of hydrogen-bond donors (Lipinski definition) is 1. The van der Waals surface area contributed by atoms with Crippen molar-refractivity contribution in [3.63, 3.8) is 0 Å². The van der Waals surface area contributed by atoms with Crippen LogP contribution in [0, 0.1) is 0 Å². The number of rotatable bonds is 8. The fourth-order valence-corrected chi connectivity index (χ4v) is 2.54. The zero-order valence-corrected chi connectivity index (χ0v) is 15.2. The molecule has 6 nitrogen and oxygen atoms in total. The Morgan fingerprint density at radius 1 is 1.00 bits per heavy atom. The lowest BCUT2D eigenvalue weighted by Gasteiger charge is -2.17. The highest BCUT2D eigenvalue weighted by Gasteiger charge is 2.18. The Balaban J connectivity index is 1.99. The molecule has 26 heavy (non-hydrogen) atoms. The predicted molar refractivity (Wildman–Crippen MR) is 97.0 cm³/mol. The Morgan fingerprint density at radius 3 is 2.31 bits per heavy atom. The van der Waals surface area contributed by atoms with Crippen LogP contribution in [0.1, 0.15) is 30.5 Å². The van der Waals surface area contributed by atoms with Gasteiger partial charge in [0.05, 0.1) is 26.7 Å². The number of esters is 1. The smallest absolute Gasteiger partial charge is 0.308 e. The van der Waals surface area contributed by atoms with Gasteiger partial charge in [0.1, 0.15) is 6.61 Å². The molecule has 0 bridgehead atoms. The molecule has 0 radical (unpaired) electrons. The molecule has 0 saturated heterocycles. The van der Waals surface area contributed by atoms with E-state index in [4.69, 9.17) is 14.2 Å². The average molecular weight is 357 g/mol. The minimum absolute atomic E-state index is 0.0525. The van der Waals surface area contributed by atoms with Gasteiger partial charge in [-0.2, -0.15) is 0 Å². The van der Waals surface area contributed by atoms with E-state index in [0.717, 1.165) is 11.1 Å². The molecule has 1 amide bonds. The fraction of sp³-hybridized carbons (Fsp3) is 0.300. The van der Waals surface area contributed by atoms with Gasteiger partial charge in [-0.05, 0) is 23.3 Å². The quantitative estimate of drug-likeness (QED) is 0.735. The second kappa shape index (κ2) is 9.46. The van der Waals surface area contributed by atoms with Crippen molar-refractivity contribution in [1.82, 2.24) is 5.32 Å². The maximum absolute atomic E-state index is 12.2. The number of hydrogen-bond acceptors (Lipinski definition) is 5. The van der Waals surface area contributed by atoms with E-state index < -0.39 is 12.0 Å². The molecule has 0 aliphatic heterocycles. The zero-order valence-electron chi connectivity index (χ0n) is 15.2. The molecule has 2 aromatic carbocycles. The highest BCUT2D eigenvalue weighted by Crippen LogP contribution is 2.28. The van der Waals surface area contributed by atoms with Crippen LogP contribution in [-0.2, 0) is 20.9 Å². The summed E-state index contributed by atoms with van der Waals surface area (Å²) in [7, 11) is 3.11. The van der Waals surface area contributed by atoms with E-state index in [2.05, 4.69) is 5.32 Å². The van der Waals surface area contributed by atoms with E-state index in [0.29, 0.717) is 11.5 Å². The first-order valence-corrected chi connectivity index (χ1v) is 8.22. The van der Waals surface area contributed by atoms with E-state index in [9.17, 15) is 9.59 Å². The van der Waals surface area contributed by atoms with Crippen LogP contribution in [-0.4, -0.2) is 26.1 Å². The van der Waals surface area contributed by atoms with Crippen LogP contribution in [0.5, 0.6) is 11.5 Å². The fourth-order valence-electron chi connectivity index (χ4n) is 2.54. The van der Waals surface area contributed by atoms with Crippen LogP contribution < -0.4 is 14.8 Å². The van der Waals surface area contributed by atoms with Crippen molar-refractivity contribution in [3.8, 4) is 11.5 Å². The first-order valence-electron chi connectivity index (χ1n) is 8.22. The molecule has 2 rings (SSSR count). The summed E-state index contributed by atoms with van der Waals surface area (Å²) < 4.78 is 15.8. The summed E-state index contributed by atoms with van der Waals surface area (Å²) in [6.07, 6.45) is 0.0525. The highest BCUT2D eigenvalue weighted by molar-refractivity contribution is 5.76. The number of amides is 1. The van der Waals surface area contributed by atoms with Crippen LogP contribution in [0.3, 0.4) is 0 Å². The van der Waals surface area contributed by atoms with Crippen molar-refractivity contribution in [2.24, 2.45) is 0 Å². The van der Waals surface area contributed by atoms with Gasteiger partial charge in [-0.25, -0.2) is 0 Å². The Morgan fingerprint density at radius 2 is 1.69 bits per heavy atom. The van der Waals surface area contributed by atoms with E-state index in [1.165, 1.54) is 6.92 Å². The van der Waals surface area contributed by atoms with Gasteiger partial charge in [-0.1, -0.05) is 36.4 Å². The van der Waals surface area contributed by atoms with Gasteiger partial charge < -0.3 is 19.5 Å². The van der Waals surface area contributed by atoms with Crippen LogP contribution in [0.2, 0.25) is 0 Å². The molecule has 0 saturated carbocycles. The van der Waals surface area contributed by atoms with Crippen LogP contribution in [0.4, 0.5) is 0 Å². The van der Waals surface area contributed by atoms with Gasteiger partial charge in [0.25, 0.3) is 0 Å². The Kier molecular flexibility index (Phi) is 7.02. The number of nitrogens with one attached hydrogen (secondary N) is 1. The first kappa shape index (κ1) is 19.3. The topological polar surface area (TPSA) is 73.9 Å². The normalized spacial score (nSPS) is 11.3. The molecule has 0 unspecified atom stereocenters. The Hall–Kier alpha value is -3.02. The van der Waals surface area contributed by atoms with Gasteiger partial charge in [-0.3, -0.25) is 9.59 Å². The summed E-state index contributed by atoms with van der Waals surface area (Å²) in [6.45, 7) is 1.53. The third kappa shape index (κ3) is 5.51. The number of ether oxygens (including phenoxy) is 3. The molecular formula is C20H23NO5. The van der Waals surface area contributed by atoms with Crippen molar-refractivity contribution in [1.29, 1.82) is 0 Å². The number of methoxy groups -OCH3 is 2. The van der Waals surface area contributed by atoms with Gasteiger partial charge >= 0.3 is 5.97 Å². The van der Waals surface area contributed by atoms with Crippen molar-refractivity contribution in [3.05, 3.63) is 59.7 Å². The van der Waals surface area contributed by atoms with Gasteiger partial charge in [0.2, 0.25) is 5.91 Å². The number of benzene rings is 2. The summed E-state index contributed by atoms with van der Waals surface area (Å²) in [5, 5.41) is 2.78. The summed E-state index contributed by atoms with van der Waals surface area (Å²) in [4.78, 5) is 23.7.